The minimum Gasteiger partial charge on any atom is -0.492 e. The van der Waals surface area contributed by atoms with Crippen molar-refractivity contribution >= 4 is 28.3 Å². The maximum Gasteiger partial charge on any atom is 0.247 e. The highest BCUT2D eigenvalue weighted by Crippen LogP contribution is 2.26. The number of aromatic nitrogens is 3. The lowest BCUT2D eigenvalue weighted by Crippen LogP contribution is -2.33. The van der Waals surface area contributed by atoms with Crippen LogP contribution >= 0.6 is 0 Å². The van der Waals surface area contributed by atoms with Crippen LogP contribution in [0.1, 0.15) is 33.1 Å². The Kier molecular flexibility index (Phi) is 7.47. The third kappa shape index (κ3) is 5.36. The molecule has 6 rings (SSSR count). The van der Waals surface area contributed by atoms with E-state index in [-0.39, 0.29) is 0 Å². The molecule has 0 aliphatic carbocycles. The zero-order chi connectivity index (χ0) is 24.7. The number of hydrogen-bond donors (Lipinski definition) is 1. The number of benzene rings is 2. The van der Waals surface area contributed by atoms with Gasteiger partial charge in [-0.05, 0) is 86.6 Å². The minimum atomic E-state index is 0.551. The van der Waals surface area contributed by atoms with Gasteiger partial charge in [0.05, 0.1) is 12.0 Å². The summed E-state index contributed by atoms with van der Waals surface area (Å²) in [6.07, 6.45) is 5.67. The highest BCUT2D eigenvalue weighted by Gasteiger charge is 2.11. The summed E-state index contributed by atoms with van der Waals surface area (Å²) < 4.78 is 13.3. The molecule has 0 spiro atoms. The van der Waals surface area contributed by atoms with E-state index in [1.807, 2.05) is 79.0 Å². The summed E-state index contributed by atoms with van der Waals surface area (Å²) in [5, 5.41) is 9.08. The van der Waals surface area contributed by atoms with Gasteiger partial charge < -0.3 is 14.5 Å². The van der Waals surface area contributed by atoms with Gasteiger partial charge in [0.25, 0.3) is 0 Å². The molecule has 2 aromatic carbocycles. The standard InChI is InChI=1S/C27H27N5O2.C2H6/c1-2-14-31(15-3-1)16-18-33-23-10-8-22(9-11-23)28-27-29-26-6-4-5-24(32(26)30-27)20-7-12-25-21(19-20)13-17-34-25;1-2/h4-13,17,19H,1-3,14-16,18H2,(H,28,30);1-2H3. The average molecular weight is 484 g/mol. The Morgan fingerprint density at radius 3 is 2.61 bits per heavy atom. The summed E-state index contributed by atoms with van der Waals surface area (Å²) in [7, 11) is 0. The van der Waals surface area contributed by atoms with E-state index < -0.39 is 0 Å². The normalized spacial score (nSPS) is 13.9. The van der Waals surface area contributed by atoms with Crippen LogP contribution in [0.15, 0.2) is 77.4 Å². The zero-order valence-electron chi connectivity index (χ0n) is 21.0. The first-order chi connectivity index (χ1) is 17.8. The van der Waals surface area contributed by atoms with E-state index in [2.05, 4.69) is 21.3 Å². The maximum absolute atomic E-state index is 5.94. The monoisotopic (exact) mass is 483 g/mol. The summed E-state index contributed by atoms with van der Waals surface area (Å²) in [5.74, 6) is 1.43. The highest BCUT2D eigenvalue weighted by atomic mass is 16.5. The molecule has 1 aliphatic heterocycles. The van der Waals surface area contributed by atoms with E-state index in [4.69, 9.17) is 14.3 Å². The van der Waals surface area contributed by atoms with Gasteiger partial charge in [-0.2, -0.15) is 4.98 Å². The average Bonchev–Trinajstić information content (AvgIpc) is 3.57. The number of nitrogens with zero attached hydrogens (tertiary/aromatic N) is 4. The van der Waals surface area contributed by atoms with Crippen molar-refractivity contribution in [3.05, 3.63) is 73.0 Å². The van der Waals surface area contributed by atoms with Crippen LogP contribution in [0.2, 0.25) is 0 Å². The number of anilines is 2. The summed E-state index contributed by atoms with van der Waals surface area (Å²) in [6, 6.07) is 22.1. The summed E-state index contributed by atoms with van der Waals surface area (Å²) in [6.45, 7) is 8.09. The second-order valence-electron chi connectivity index (χ2n) is 8.69. The van der Waals surface area contributed by atoms with E-state index in [9.17, 15) is 0 Å². The van der Waals surface area contributed by atoms with E-state index in [0.29, 0.717) is 12.6 Å². The van der Waals surface area contributed by atoms with Crippen LogP contribution in [0.5, 0.6) is 5.75 Å². The topological polar surface area (TPSA) is 67.8 Å². The molecule has 5 aromatic rings. The van der Waals surface area contributed by atoms with E-state index in [1.165, 1.54) is 32.4 Å². The summed E-state index contributed by atoms with van der Waals surface area (Å²) in [4.78, 5) is 7.14. The first-order valence-electron chi connectivity index (χ1n) is 12.9. The fraction of sp³-hybridized carbons (Fsp3) is 0.310. The molecular weight excluding hydrogens is 450 g/mol. The number of piperidine rings is 1. The van der Waals surface area contributed by atoms with Crippen molar-refractivity contribution in [2.24, 2.45) is 0 Å². The Bertz CT molecular complexity index is 1400. The minimum absolute atomic E-state index is 0.551. The third-order valence-corrected chi connectivity index (χ3v) is 6.34. The molecule has 7 nitrogen and oxygen atoms in total. The molecule has 1 aliphatic rings. The van der Waals surface area contributed by atoms with Gasteiger partial charge in [-0.25, -0.2) is 4.52 Å². The first kappa shape index (κ1) is 23.9. The zero-order valence-corrected chi connectivity index (χ0v) is 21.0. The van der Waals surface area contributed by atoms with E-state index >= 15 is 0 Å². The van der Waals surface area contributed by atoms with Crippen LogP contribution in [0, 0.1) is 0 Å². The Labute approximate surface area is 211 Å². The predicted octanol–water partition coefficient (Wildman–Crippen LogP) is 6.78. The van der Waals surface area contributed by atoms with Crippen LogP contribution in [-0.4, -0.2) is 45.7 Å². The summed E-state index contributed by atoms with van der Waals surface area (Å²) >= 11 is 0. The van der Waals surface area contributed by atoms with Gasteiger partial charge in [0.1, 0.15) is 17.9 Å². The van der Waals surface area contributed by atoms with Gasteiger partial charge in [0, 0.05) is 23.2 Å². The van der Waals surface area contributed by atoms with Crippen molar-refractivity contribution in [3.8, 4) is 17.0 Å². The number of likely N-dealkylation sites (tertiary alicyclic amines) is 1. The van der Waals surface area contributed by atoms with Crippen molar-refractivity contribution in [2.45, 2.75) is 33.1 Å². The van der Waals surface area contributed by atoms with Crippen LogP contribution in [-0.2, 0) is 0 Å². The van der Waals surface area contributed by atoms with Crippen LogP contribution in [0.25, 0.3) is 27.9 Å². The van der Waals surface area contributed by atoms with Gasteiger partial charge in [0.2, 0.25) is 5.95 Å². The second kappa shape index (κ2) is 11.3. The Morgan fingerprint density at radius 2 is 1.78 bits per heavy atom. The van der Waals surface area contributed by atoms with Gasteiger partial charge >= 0.3 is 0 Å². The number of pyridine rings is 1. The number of rotatable bonds is 7. The maximum atomic E-state index is 5.94. The third-order valence-electron chi connectivity index (χ3n) is 6.34. The van der Waals surface area contributed by atoms with Crippen LogP contribution in [0.4, 0.5) is 11.6 Å². The van der Waals surface area contributed by atoms with Crippen molar-refractivity contribution in [1.29, 1.82) is 0 Å². The predicted molar refractivity (Wildman–Crippen MR) is 145 cm³/mol. The molecule has 0 atom stereocenters. The van der Waals surface area contributed by atoms with E-state index in [0.717, 1.165) is 45.9 Å². The molecule has 1 saturated heterocycles. The Balaban J connectivity index is 0.00000130. The molecular formula is C29H33N5O2. The smallest absolute Gasteiger partial charge is 0.247 e. The number of fused-ring (bicyclic) bond motifs is 2. The molecule has 4 heterocycles. The fourth-order valence-corrected chi connectivity index (χ4v) is 4.54. The number of ether oxygens (including phenoxy) is 1. The molecule has 3 aromatic heterocycles. The van der Waals surface area contributed by atoms with Crippen molar-refractivity contribution in [3.63, 3.8) is 0 Å². The quantitative estimate of drug-likeness (QED) is 0.275. The van der Waals surface area contributed by atoms with E-state index in [1.54, 1.807) is 6.26 Å². The second-order valence-corrected chi connectivity index (χ2v) is 8.69. The van der Waals surface area contributed by atoms with Crippen molar-refractivity contribution in [2.75, 3.05) is 31.6 Å². The van der Waals surface area contributed by atoms with Gasteiger partial charge in [0.15, 0.2) is 5.65 Å². The van der Waals surface area contributed by atoms with Gasteiger partial charge in [-0.15, -0.1) is 5.10 Å². The molecule has 0 saturated carbocycles. The molecule has 0 unspecified atom stereocenters. The molecule has 1 N–H and O–H groups in total. The largest absolute Gasteiger partial charge is 0.492 e. The van der Waals surface area contributed by atoms with Gasteiger partial charge in [-0.3, -0.25) is 4.90 Å². The molecule has 0 radical (unpaired) electrons. The number of hydrogen-bond acceptors (Lipinski definition) is 6. The van der Waals surface area contributed by atoms with Crippen molar-refractivity contribution in [1.82, 2.24) is 19.5 Å². The molecule has 0 amide bonds. The SMILES string of the molecule is CC.c1cc(-c2ccc3occc3c2)n2nc(Nc3ccc(OCCN4CCCCC4)cc3)nc2c1. The highest BCUT2D eigenvalue weighted by molar-refractivity contribution is 5.83. The van der Waals surface area contributed by atoms with Crippen LogP contribution in [0.3, 0.4) is 0 Å². The lowest BCUT2D eigenvalue weighted by atomic mass is 10.1. The first-order valence-corrected chi connectivity index (χ1v) is 12.9. The lowest BCUT2D eigenvalue weighted by Gasteiger charge is -2.26. The van der Waals surface area contributed by atoms with Gasteiger partial charge in [-0.1, -0.05) is 26.3 Å². The molecule has 0 bridgehead atoms. The number of furan rings is 1. The molecule has 186 valence electrons. The molecule has 7 heteroatoms. The fourth-order valence-electron chi connectivity index (χ4n) is 4.54. The molecule has 1 fully saturated rings. The lowest BCUT2D eigenvalue weighted by molar-refractivity contribution is 0.183. The Morgan fingerprint density at radius 1 is 0.944 bits per heavy atom. The summed E-state index contributed by atoms with van der Waals surface area (Å²) in [5.41, 5.74) is 4.60. The van der Waals surface area contributed by atoms with Crippen LogP contribution < -0.4 is 10.1 Å². The van der Waals surface area contributed by atoms with Crippen molar-refractivity contribution < 1.29 is 9.15 Å². The number of nitrogens with one attached hydrogen (secondary N) is 1. The Hall–Kier alpha value is -3.84. The molecule has 36 heavy (non-hydrogen) atoms.